The van der Waals surface area contributed by atoms with Crippen molar-refractivity contribution in [1.29, 1.82) is 0 Å². The van der Waals surface area contributed by atoms with E-state index in [4.69, 9.17) is 4.74 Å². The van der Waals surface area contributed by atoms with Gasteiger partial charge in [0.1, 0.15) is 0 Å². The lowest BCUT2D eigenvalue weighted by Gasteiger charge is -2.04. The normalized spacial score (nSPS) is 11.1. The molecule has 0 aliphatic rings. The molecule has 0 aromatic carbocycles. The predicted molar refractivity (Wildman–Crippen MR) is 119 cm³/mol. The lowest BCUT2D eigenvalue weighted by molar-refractivity contribution is -0.687. The summed E-state index contributed by atoms with van der Waals surface area (Å²) in [6.45, 7) is 4.90. The fourth-order valence-electron chi connectivity index (χ4n) is 3.61. The molecule has 1 heterocycles. The van der Waals surface area contributed by atoms with E-state index in [0.717, 1.165) is 23.4 Å². The van der Waals surface area contributed by atoms with E-state index < -0.39 is 0 Å². The van der Waals surface area contributed by atoms with E-state index in [1.165, 1.54) is 77.0 Å². The van der Waals surface area contributed by atoms with Gasteiger partial charge >= 0.3 is 5.97 Å². The Kier molecular flexibility index (Phi) is 16.1. The third-order valence-corrected chi connectivity index (χ3v) is 6.69. The van der Waals surface area contributed by atoms with Crippen LogP contribution in [0.15, 0.2) is 5.51 Å². The highest BCUT2D eigenvalue weighted by molar-refractivity contribution is 7.09. The van der Waals surface area contributed by atoms with Gasteiger partial charge in [-0.15, -0.1) is 6.61 Å². The van der Waals surface area contributed by atoms with E-state index in [2.05, 4.69) is 6.92 Å². The van der Waals surface area contributed by atoms with Gasteiger partial charge in [0.05, 0.1) is 11.5 Å². The van der Waals surface area contributed by atoms with Crippen LogP contribution in [0.25, 0.3) is 0 Å². The zero-order chi connectivity index (χ0) is 21.2. The fraction of sp³-hybridized carbons (Fsp3) is 0.833. The number of nitrogens with zero attached hydrogens (tertiary/aromatic N) is 1. The zero-order valence-electron chi connectivity index (χ0n) is 18.9. The minimum atomic E-state index is -0.181. The van der Waals surface area contributed by atoms with Crippen LogP contribution >= 0.6 is 11.3 Å². The van der Waals surface area contributed by atoms with E-state index in [0.29, 0.717) is 13.0 Å². The molecule has 4 nitrogen and oxygen atoms in total. The molecule has 1 aromatic rings. The van der Waals surface area contributed by atoms with Gasteiger partial charge in [0.15, 0.2) is 5.69 Å². The minimum absolute atomic E-state index is 0.106. The number of hydrogen-bond donors (Lipinski definition) is 0. The molecule has 168 valence electrons. The monoisotopic (exact) mass is 425 g/mol. The number of thiazole rings is 1. The van der Waals surface area contributed by atoms with Gasteiger partial charge in [-0.2, -0.15) is 4.57 Å². The topological polar surface area (TPSA) is 53.2 Å². The Hall–Kier alpha value is -0.940. The van der Waals surface area contributed by atoms with E-state index in [-0.39, 0.29) is 19.1 Å². The molecular weight excluding hydrogens is 382 g/mol. The number of unbranched alkanes of at least 4 members (excludes halogenated alkanes) is 13. The predicted octanol–water partition coefficient (Wildman–Crippen LogP) is 5.27. The van der Waals surface area contributed by atoms with Crippen LogP contribution in [0.1, 0.15) is 107 Å². The highest BCUT2D eigenvalue weighted by Crippen LogP contribution is 2.13. The Labute approximate surface area is 182 Å². The van der Waals surface area contributed by atoms with E-state index in [9.17, 15) is 9.90 Å². The van der Waals surface area contributed by atoms with Gasteiger partial charge in [0, 0.05) is 6.92 Å². The molecule has 0 fully saturated rings. The Morgan fingerprint density at radius 2 is 1.45 bits per heavy atom. The quantitative estimate of drug-likeness (QED) is 0.172. The largest absolute Gasteiger partial charge is 0.854 e. The van der Waals surface area contributed by atoms with Crippen LogP contribution in [0.5, 0.6) is 0 Å². The molecule has 0 aliphatic carbocycles. The van der Waals surface area contributed by atoms with Crippen molar-refractivity contribution in [2.24, 2.45) is 0 Å². The maximum absolute atomic E-state index is 12.0. The maximum Gasteiger partial charge on any atom is 0.372 e. The number of carbonyl (C=O) groups is 1. The summed E-state index contributed by atoms with van der Waals surface area (Å²) in [6.07, 6.45) is 19.1. The molecule has 29 heavy (non-hydrogen) atoms. The van der Waals surface area contributed by atoms with Crippen molar-refractivity contribution in [3.8, 4) is 0 Å². The third kappa shape index (κ3) is 13.1. The average Bonchev–Trinajstić information content (AvgIpc) is 3.05. The molecule has 0 saturated carbocycles. The second-order valence-electron chi connectivity index (χ2n) is 8.13. The van der Waals surface area contributed by atoms with E-state index in [1.54, 1.807) is 11.3 Å². The van der Waals surface area contributed by atoms with Gasteiger partial charge in [-0.1, -0.05) is 102 Å². The fourth-order valence-corrected chi connectivity index (χ4v) is 4.58. The van der Waals surface area contributed by atoms with Gasteiger partial charge in [-0.25, -0.2) is 4.79 Å². The number of ether oxygens (including phenoxy) is 1. The minimum Gasteiger partial charge on any atom is -0.854 e. The first-order chi connectivity index (χ1) is 14.2. The van der Waals surface area contributed by atoms with Crippen molar-refractivity contribution in [3.63, 3.8) is 0 Å². The van der Waals surface area contributed by atoms with Crippen molar-refractivity contribution in [1.82, 2.24) is 0 Å². The van der Waals surface area contributed by atoms with Gasteiger partial charge in [0.2, 0.25) is 12.1 Å². The maximum atomic E-state index is 12.0. The van der Waals surface area contributed by atoms with Crippen LogP contribution in [-0.2, 0) is 22.5 Å². The van der Waals surface area contributed by atoms with Crippen LogP contribution < -0.4 is 9.67 Å². The summed E-state index contributed by atoms with van der Waals surface area (Å²) in [6, 6.07) is 0. The summed E-state index contributed by atoms with van der Waals surface area (Å²) < 4.78 is 7.25. The Morgan fingerprint density at radius 3 is 1.97 bits per heavy atom. The highest BCUT2D eigenvalue weighted by Gasteiger charge is 2.18. The molecule has 5 heteroatoms. The molecule has 0 radical (unpaired) electrons. The van der Waals surface area contributed by atoms with Crippen LogP contribution in [0, 0.1) is 6.92 Å². The first-order valence-electron chi connectivity index (χ1n) is 11.9. The number of esters is 1. The molecule has 0 unspecified atom stereocenters. The SMILES string of the molecule is CCCCCCCCCCCCCCCCOC(=O)C[n+]1csc(CC[O-])c1C. The Balaban J connectivity index is 1.89. The number of rotatable bonds is 19. The zero-order valence-corrected chi connectivity index (χ0v) is 19.7. The summed E-state index contributed by atoms with van der Waals surface area (Å²) in [5.41, 5.74) is 2.92. The lowest BCUT2D eigenvalue weighted by atomic mass is 10.0. The molecule has 0 atom stereocenters. The van der Waals surface area contributed by atoms with Crippen molar-refractivity contribution in [2.75, 3.05) is 13.2 Å². The molecule has 0 N–H and O–H groups in total. The van der Waals surface area contributed by atoms with Crippen LogP contribution in [0.2, 0.25) is 0 Å². The third-order valence-electron chi connectivity index (χ3n) is 5.55. The smallest absolute Gasteiger partial charge is 0.372 e. The highest BCUT2D eigenvalue weighted by atomic mass is 32.1. The van der Waals surface area contributed by atoms with Crippen molar-refractivity contribution < 1.29 is 19.2 Å². The molecular formula is C24H43NO3S. The van der Waals surface area contributed by atoms with Gasteiger partial charge in [-0.05, 0) is 12.8 Å². The van der Waals surface area contributed by atoms with E-state index in [1.807, 2.05) is 17.0 Å². The van der Waals surface area contributed by atoms with Crippen LogP contribution in [0.3, 0.4) is 0 Å². The molecule has 1 aromatic heterocycles. The second-order valence-corrected chi connectivity index (χ2v) is 9.07. The number of carbonyl (C=O) groups excluding carboxylic acids is 1. The van der Waals surface area contributed by atoms with Gasteiger partial charge < -0.3 is 9.84 Å². The average molecular weight is 426 g/mol. The molecule has 0 amide bonds. The van der Waals surface area contributed by atoms with E-state index >= 15 is 0 Å². The van der Waals surface area contributed by atoms with Crippen LogP contribution in [0.4, 0.5) is 0 Å². The van der Waals surface area contributed by atoms with Gasteiger partial charge in [0.25, 0.3) is 0 Å². The van der Waals surface area contributed by atoms with Gasteiger partial charge in [-0.3, -0.25) is 0 Å². The molecule has 0 spiro atoms. The first kappa shape index (κ1) is 26.1. The summed E-state index contributed by atoms with van der Waals surface area (Å²) >= 11 is 1.55. The Morgan fingerprint density at radius 1 is 0.931 bits per heavy atom. The molecule has 0 aliphatic heterocycles. The standard InChI is InChI=1S/C24H43NO3S/c1-3-4-5-6-7-8-9-10-11-12-13-14-15-16-19-28-24(27)20-25-21-29-23(17-18-26)22(25)2/h21H,3-20H2,1-2H3. The summed E-state index contributed by atoms with van der Waals surface area (Å²) in [5, 5.41) is 10.8. The lowest BCUT2D eigenvalue weighted by Crippen LogP contribution is -2.39. The van der Waals surface area contributed by atoms with Crippen molar-refractivity contribution in [3.05, 3.63) is 16.1 Å². The molecule has 0 saturated heterocycles. The molecule has 0 bridgehead atoms. The molecule has 1 rings (SSSR count). The van der Waals surface area contributed by atoms with Crippen molar-refractivity contribution >= 4 is 17.3 Å². The Bertz CT molecular complexity index is 530. The summed E-state index contributed by atoms with van der Waals surface area (Å²) in [4.78, 5) is 13.0. The first-order valence-corrected chi connectivity index (χ1v) is 12.8. The number of hydrogen-bond acceptors (Lipinski definition) is 4. The summed E-state index contributed by atoms with van der Waals surface area (Å²) in [7, 11) is 0. The van der Waals surface area contributed by atoms with Crippen LogP contribution in [-0.4, -0.2) is 19.2 Å². The second kappa shape index (κ2) is 17.9. The summed E-state index contributed by atoms with van der Waals surface area (Å²) in [5.74, 6) is -0.181. The van der Waals surface area contributed by atoms with Crippen molar-refractivity contribution in [2.45, 2.75) is 117 Å². The number of aromatic nitrogens is 1.